The van der Waals surface area contributed by atoms with Crippen molar-refractivity contribution in [2.24, 2.45) is 7.05 Å². The van der Waals surface area contributed by atoms with Crippen molar-refractivity contribution in [2.75, 3.05) is 0 Å². The summed E-state index contributed by atoms with van der Waals surface area (Å²) < 4.78 is 9.15. The summed E-state index contributed by atoms with van der Waals surface area (Å²) in [6.07, 6.45) is 8.38. The molecule has 2 heterocycles. The van der Waals surface area contributed by atoms with Gasteiger partial charge in [0, 0.05) is 31.1 Å². The molecule has 0 aliphatic rings. The van der Waals surface area contributed by atoms with Crippen molar-refractivity contribution < 1.29 is 9.53 Å². The molecule has 0 aliphatic heterocycles. The molecule has 0 saturated heterocycles. The fourth-order valence-corrected chi connectivity index (χ4v) is 2.44. The number of nitrogens with zero attached hydrogens (tertiary/aromatic N) is 4. The lowest BCUT2D eigenvalue weighted by Gasteiger charge is -2.19. The van der Waals surface area contributed by atoms with E-state index in [0.717, 1.165) is 16.6 Å². The summed E-state index contributed by atoms with van der Waals surface area (Å²) >= 11 is 0. The molecule has 0 spiro atoms. The smallest absolute Gasteiger partial charge is 0.333 e. The number of fused-ring (bicyclic) bond motifs is 1. The zero-order valence-corrected chi connectivity index (χ0v) is 14.2. The van der Waals surface area contributed by atoms with Crippen LogP contribution in [0, 0.1) is 0 Å². The highest BCUT2D eigenvalue weighted by Gasteiger charge is 2.16. The fraction of sp³-hybridized carbons (Fsp3) is 0.278. The van der Waals surface area contributed by atoms with Gasteiger partial charge < -0.3 is 13.9 Å². The van der Waals surface area contributed by atoms with E-state index in [9.17, 15) is 4.79 Å². The van der Waals surface area contributed by atoms with E-state index in [-0.39, 0.29) is 0 Å². The van der Waals surface area contributed by atoms with Crippen molar-refractivity contribution in [1.29, 1.82) is 0 Å². The van der Waals surface area contributed by atoms with Crippen LogP contribution in [-0.4, -0.2) is 30.7 Å². The van der Waals surface area contributed by atoms with E-state index in [4.69, 9.17) is 4.74 Å². The zero-order chi connectivity index (χ0) is 17.3. The molecule has 0 amide bonds. The Morgan fingerprint density at radius 1 is 1.25 bits per heavy atom. The Morgan fingerprint density at radius 3 is 2.71 bits per heavy atom. The van der Waals surface area contributed by atoms with E-state index >= 15 is 0 Å². The standard InChI is InChI=1S/C18H20N4O2/c1-18(2,3)24-17(23)10-15(22-8-7-19-11-22)13-5-6-14-16(9-13)21(4)12-20-14/h5-12H,1-4H3/b15-10-. The number of carbonyl (C=O) groups excluding carboxylic acids is 1. The molecule has 0 N–H and O–H groups in total. The highest BCUT2D eigenvalue weighted by Crippen LogP contribution is 2.22. The SMILES string of the molecule is Cn1cnc2ccc(/C(=C/C(=O)OC(C)(C)C)n3ccnc3)cc21. The summed E-state index contributed by atoms with van der Waals surface area (Å²) in [6, 6.07) is 5.87. The Kier molecular flexibility index (Phi) is 3.97. The van der Waals surface area contributed by atoms with Gasteiger partial charge in [-0.1, -0.05) is 6.07 Å². The monoisotopic (exact) mass is 324 g/mol. The average Bonchev–Trinajstić information content (AvgIpc) is 3.13. The topological polar surface area (TPSA) is 61.9 Å². The average molecular weight is 324 g/mol. The predicted octanol–water partition coefficient (Wildman–Crippen LogP) is 3.00. The zero-order valence-electron chi connectivity index (χ0n) is 14.2. The van der Waals surface area contributed by atoms with Crippen molar-refractivity contribution in [3.8, 4) is 0 Å². The second-order valence-corrected chi connectivity index (χ2v) is 6.59. The molecule has 24 heavy (non-hydrogen) atoms. The van der Waals surface area contributed by atoms with Gasteiger partial charge in [0.2, 0.25) is 0 Å². The summed E-state index contributed by atoms with van der Waals surface area (Å²) in [7, 11) is 1.94. The predicted molar refractivity (Wildman–Crippen MR) is 92.2 cm³/mol. The molecule has 0 radical (unpaired) electrons. The molecule has 2 aromatic heterocycles. The van der Waals surface area contributed by atoms with Crippen LogP contribution < -0.4 is 0 Å². The molecule has 0 saturated carbocycles. The molecule has 3 rings (SSSR count). The third-order valence-electron chi connectivity index (χ3n) is 3.47. The normalized spacial score (nSPS) is 12.6. The van der Waals surface area contributed by atoms with E-state index < -0.39 is 11.6 Å². The second-order valence-electron chi connectivity index (χ2n) is 6.59. The lowest BCUT2D eigenvalue weighted by Crippen LogP contribution is -2.23. The highest BCUT2D eigenvalue weighted by molar-refractivity contribution is 5.93. The molecular formula is C18H20N4O2. The second kappa shape index (κ2) is 5.96. The number of benzene rings is 1. The van der Waals surface area contributed by atoms with Gasteiger partial charge in [0.15, 0.2) is 0 Å². The first kappa shape index (κ1) is 16.0. The van der Waals surface area contributed by atoms with Crippen molar-refractivity contribution >= 4 is 22.7 Å². The minimum atomic E-state index is -0.542. The van der Waals surface area contributed by atoms with Crippen LogP contribution in [0.3, 0.4) is 0 Å². The van der Waals surface area contributed by atoms with Crippen LogP contribution in [0.1, 0.15) is 26.3 Å². The number of imidazole rings is 2. The van der Waals surface area contributed by atoms with Gasteiger partial charge in [-0.3, -0.25) is 0 Å². The van der Waals surface area contributed by atoms with Crippen LogP contribution in [0.15, 0.2) is 49.3 Å². The highest BCUT2D eigenvalue weighted by atomic mass is 16.6. The quantitative estimate of drug-likeness (QED) is 0.549. The van der Waals surface area contributed by atoms with Gasteiger partial charge >= 0.3 is 5.97 Å². The summed E-state index contributed by atoms with van der Waals surface area (Å²) in [5.74, 6) is -0.392. The lowest BCUT2D eigenvalue weighted by atomic mass is 10.1. The minimum absolute atomic E-state index is 0.392. The Morgan fingerprint density at radius 2 is 2.04 bits per heavy atom. The van der Waals surface area contributed by atoms with Gasteiger partial charge in [0.1, 0.15) is 5.60 Å². The Labute approximate surface area is 140 Å². The van der Waals surface area contributed by atoms with Crippen molar-refractivity contribution in [3.05, 3.63) is 54.9 Å². The van der Waals surface area contributed by atoms with Gasteiger partial charge in [-0.2, -0.15) is 0 Å². The number of hydrogen-bond acceptors (Lipinski definition) is 4. The van der Waals surface area contributed by atoms with Crippen molar-refractivity contribution in [3.63, 3.8) is 0 Å². The first-order chi connectivity index (χ1) is 11.3. The van der Waals surface area contributed by atoms with E-state index in [1.54, 1.807) is 29.6 Å². The number of ether oxygens (including phenoxy) is 1. The fourth-order valence-electron chi connectivity index (χ4n) is 2.44. The third-order valence-corrected chi connectivity index (χ3v) is 3.47. The van der Waals surface area contributed by atoms with Crippen LogP contribution in [0.4, 0.5) is 0 Å². The van der Waals surface area contributed by atoms with Gasteiger partial charge in [-0.25, -0.2) is 14.8 Å². The van der Waals surface area contributed by atoms with E-state index in [1.165, 1.54) is 6.08 Å². The molecule has 0 unspecified atom stereocenters. The molecular weight excluding hydrogens is 304 g/mol. The summed E-state index contributed by atoms with van der Waals surface area (Å²) in [5, 5.41) is 0. The maximum atomic E-state index is 12.3. The molecule has 0 fully saturated rings. The third kappa shape index (κ3) is 3.37. The van der Waals surface area contributed by atoms with Gasteiger partial charge in [0.25, 0.3) is 0 Å². The van der Waals surface area contributed by atoms with Gasteiger partial charge in [-0.05, 0) is 32.9 Å². The summed E-state index contributed by atoms with van der Waals surface area (Å²) in [6.45, 7) is 5.53. The van der Waals surface area contributed by atoms with Crippen LogP contribution in [0.5, 0.6) is 0 Å². The number of carbonyl (C=O) groups is 1. The van der Waals surface area contributed by atoms with Gasteiger partial charge in [-0.15, -0.1) is 0 Å². The summed E-state index contributed by atoms with van der Waals surface area (Å²) in [4.78, 5) is 20.7. The first-order valence-electron chi connectivity index (χ1n) is 7.68. The molecule has 1 aromatic carbocycles. The molecule has 0 bridgehead atoms. The minimum Gasteiger partial charge on any atom is -0.457 e. The molecule has 6 nitrogen and oxygen atoms in total. The molecule has 3 aromatic rings. The number of aryl methyl sites for hydroxylation is 1. The number of esters is 1. The molecule has 0 aliphatic carbocycles. The Bertz CT molecular complexity index is 899. The molecule has 6 heteroatoms. The maximum Gasteiger partial charge on any atom is 0.333 e. The van der Waals surface area contributed by atoms with E-state index in [0.29, 0.717) is 5.70 Å². The van der Waals surface area contributed by atoms with Crippen LogP contribution in [0.2, 0.25) is 0 Å². The Balaban J connectivity index is 2.07. The summed E-state index contributed by atoms with van der Waals surface area (Å²) in [5.41, 5.74) is 2.94. The van der Waals surface area contributed by atoms with E-state index in [1.807, 2.05) is 50.6 Å². The first-order valence-corrected chi connectivity index (χ1v) is 7.68. The lowest BCUT2D eigenvalue weighted by molar-refractivity contribution is -0.148. The largest absolute Gasteiger partial charge is 0.457 e. The molecule has 0 atom stereocenters. The van der Waals surface area contributed by atoms with Crippen molar-refractivity contribution in [2.45, 2.75) is 26.4 Å². The number of hydrogen-bond donors (Lipinski definition) is 0. The van der Waals surface area contributed by atoms with Crippen LogP contribution >= 0.6 is 0 Å². The molecule has 124 valence electrons. The van der Waals surface area contributed by atoms with Crippen molar-refractivity contribution in [1.82, 2.24) is 19.1 Å². The van der Waals surface area contributed by atoms with E-state index in [2.05, 4.69) is 9.97 Å². The van der Waals surface area contributed by atoms with Crippen LogP contribution in [-0.2, 0) is 16.6 Å². The number of rotatable bonds is 3. The number of aromatic nitrogens is 4. The maximum absolute atomic E-state index is 12.3. The van der Waals surface area contributed by atoms with Crippen LogP contribution in [0.25, 0.3) is 16.7 Å². The van der Waals surface area contributed by atoms with Gasteiger partial charge in [0.05, 0.1) is 29.4 Å². The Hall–Kier alpha value is -2.89.